The molecule has 2 rings (SSSR count). The van der Waals surface area contributed by atoms with E-state index in [-0.39, 0.29) is 18.4 Å². The quantitative estimate of drug-likeness (QED) is 0.798. The maximum Gasteiger partial charge on any atom is 0.308 e. The average Bonchev–Trinajstić information content (AvgIpc) is 2.65. The van der Waals surface area contributed by atoms with Crippen molar-refractivity contribution in [2.45, 2.75) is 45.6 Å². The van der Waals surface area contributed by atoms with Gasteiger partial charge in [-0.15, -0.1) is 0 Å². The Morgan fingerprint density at radius 2 is 2.06 bits per heavy atom. The Labute approximate surface area is 102 Å². The Bertz CT molecular complexity index is 329. The highest BCUT2D eigenvalue weighted by Gasteiger charge is 2.41. The second-order valence-corrected chi connectivity index (χ2v) is 5.62. The van der Waals surface area contributed by atoms with Crippen molar-refractivity contribution in [1.29, 1.82) is 0 Å². The van der Waals surface area contributed by atoms with E-state index in [4.69, 9.17) is 5.11 Å². The molecule has 2 aliphatic rings. The summed E-state index contributed by atoms with van der Waals surface area (Å²) in [6.45, 7) is 4.83. The third kappa shape index (κ3) is 2.31. The van der Waals surface area contributed by atoms with E-state index in [1.807, 2.05) is 4.90 Å². The molecule has 4 heteroatoms. The number of amides is 1. The molecule has 1 saturated heterocycles. The number of hydrogen-bond acceptors (Lipinski definition) is 2. The molecular weight excluding hydrogens is 218 g/mol. The van der Waals surface area contributed by atoms with Crippen LogP contribution in [0.4, 0.5) is 0 Å². The van der Waals surface area contributed by atoms with E-state index in [2.05, 4.69) is 13.8 Å². The standard InChI is InChI=1S/C13H21NO3/c1-8-4-3-5-11(9(8)2)14-7-10(13(16)17)6-12(14)15/h8-11H,3-7H2,1-2H3,(H,16,17)/t8-,9+,10-,11+/m0/s1. The minimum absolute atomic E-state index is 0.0309. The van der Waals surface area contributed by atoms with Crippen molar-refractivity contribution < 1.29 is 14.7 Å². The summed E-state index contributed by atoms with van der Waals surface area (Å²) >= 11 is 0. The van der Waals surface area contributed by atoms with Gasteiger partial charge in [-0.25, -0.2) is 0 Å². The van der Waals surface area contributed by atoms with Crippen LogP contribution in [0.25, 0.3) is 0 Å². The number of aliphatic carboxylic acids is 1. The number of rotatable bonds is 2. The summed E-state index contributed by atoms with van der Waals surface area (Å²) in [6, 6.07) is 0.260. The molecule has 4 nitrogen and oxygen atoms in total. The molecule has 1 N–H and O–H groups in total. The number of carbonyl (C=O) groups is 2. The molecule has 0 aromatic carbocycles. The first-order chi connectivity index (χ1) is 8.00. The summed E-state index contributed by atoms with van der Waals surface area (Å²) in [5, 5.41) is 8.99. The molecule has 96 valence electrons. The van der Waals surface area contributed by atoms with Crippen molar-refractivity contribution in [1.82, 2.24) is 4.90 Å². The number of hydrogen-bond donors (Lipinski definition) is 1. The van der Waals surface area contributed by atoms with E-state index in [9.17, 15) is 9.59 Å². The molecule has 1 amide bonds. The maximum atomic E-state index is 11.9. The van der Waals surface area contributed by atoms with Crippen molar-refractivity contribution in [2.75, 3.05) is 6.54 Å². The predicted molar refractivity (Wildman–Crippen MR) is 63.4 cm³/mol. The van der Waals surface area contributed by atoms with Crippen LogP contribution >= 0.6 is 0 Å². The smallest absolute Gasteiger partial charge is 0.308 e. The Morgan fingerprint density at radius 1 is 1.35 bits per heavy atom. The molecule has 0 radical (unpaired) electrons. The molecule has 4 atom stereocenters. The second kappa shape index (κ2) is 4.67. The SMILES string of the molecule is C[C@H]1[C@H](N2C[C@@H](C(=O)O)CC2=O)CCC[C@@H]1C. The van der Waals surface area contributed by atoms with Gasteiger partial charge in [0.05, 0.1) is 5.92 Å². The lowest BCUT2D eigenvalue weighted by molar-refractivity contribution is -0.141. The van der Waals surface area contributed by atoms with Crippen LogP contribution in [0.5, 0.6) is 0 Å². The van der Waals surface area contributed by atoms with Crippen molar-refractivity contribution in [3.05, 3.63) is 0 Å². The molecule has 0 aromatic rings. The van der Waals surface area contributed by atoms with Gasteiger partial charge in [0.2, 0.25) is 5.91 Å². The Morgan fingerprint density at radius 3 is 2.65 bits per heavy atom. The first kappa shape index (κ1) is 12.4. The van der Waals surface area contributed by atoms with Gasteiger partial charge in [0.15, 0.2) is 0 Å². The molecule has 1 aliphatic heterocycles. The summed E-state index contributed by atoms with van der Waals surface area (Å²) in [6.07, 6.45) is 3.59. The summed E-state index contributed by atoms with van der Waals surface area (Å²) in [4.78, 5) is 24.7. The summed E-state index contributed by atoms with van der Waals surface area (Å²) in [5.74, 6) is -0.182. The van der Waals surface area contributed by atoms with Crippen LogP contribution < -0.4 is 0 Å². The lowest BCUT2D eigenvalue weighted by atomic mass is 9.77. The highest BCUT2D eigenvalue weighted by molar-refractivity contribution is 5.86. The van der Waals surface area contributed by atoms with Crippen LogP contribution in [0, 0.1) is 17.8 Å². The molecule has 1 saturated carbocycles. The van der Waals surface area contributed by atoms with E-state index in [1.165, 1.54) is 6.42 Å². The van der Waals surface area contributed by atoms with E-state index < -0.39 is 11.9 Å². The molecular formula is C13H21NO3. The first-order valence-corrected chi connectivity index (χ1v) is 6.53. The number of carboxylic acids is 1. The first-order valence-electron chi connectivity index (χ1n) is 6.53. The van der Waals surface area contributed by atoms with Gasteiger partial charge in [0, 0.05) is 19.0 Å². The van der Waals surface area contributed by atoms with Gasteiger partial charge in [-0.2, -0.15) is 0 Å². The van der Waals surface area contributed by atoms with Crippen LogP contribution in [0.2, 0.25) is 0 Å². The Kier molecular flexibility index (Phi) is 3.40. The molecule has 0 aromatic heterocycles. The number of carboxylic acid groups (broad SMARTS) is 1. The lowest BCUT2D eigenvalue weighted by Crippen LogP contribution is -2.45. The van der Waals surface area contributed by atoms with Crippen LogP contribution in [-0.4, -0.2) is 34.5 Å². The van der Waals surface area contributed by atoms with Gasteiger partial charge in [-0.05, 0) is 18.3 Å². The molecule has 1 heterocycles. The van der Waals surface area contributed by atoms with Gasteiger partial charge >= 0.3 is 5.97 Å². The van der Waals surface area contributed by atoms with Gasteiger partial charge in [-0.3, -0.25) is 9.59 Å². The maximum absolute atomic E-state index is 11.9. The van der Waals surface area contributed by atoms with E-state index in [0.29, 0.717) is 18.4 Å². The van der Waals surface area contributed by atoms with Gasteiger partial charge < -0.3 is 10.0 Å². The number of nitrogens with zero attached hydrogens (tertiary/aromatic N) is 1. The summed E-state index contributed by atoms with van der Waals surface area (Å²) in [5.41, 5.74) is 0. The summed E-state index contributed by atoms with van der Waals surface area (Å²) in [7, 11) is 0. The van der Waals surface area contributed by atoms with Crippen molar-refractivity contribution in [3.63, 3.8) is 0 Å². The average molecular weight is 239 g/mol. The van der Waals surface area contributed by atoms with Gasteiger partial charge in [0.25, 0.3) is 0 Å². The van der Waals surface area contributed by atoms with Crippen molar-refractivity contribution >= 4 is 11.9 Å². The van der Waals surface area contributed by atoms with Gasteiger partial charge in [-0.1, -0.05) is 26.7 Å². The molecule has 0 spiro atoms. The fraction of sp³-hybridized carbons (Fsp3) is 0.846. The largest absolute Gasteiger partial charge is 0.481 e. The predicted octanol–water partition coefficient (Wildman–Crippen LogP) is 1.74. The number of carbonyl (C=O) groups excluding carboxylic acids is 1. The fourth-order valence-electron chi connectivity index (χ4n) is 3.21. The molecule has 0 bridgehead atoms. The minimum atomic E-state index is -0.836. The molecule has 2 fully saturated rings. The van der Waals surface area contributed by atoms with Crippen molar-refractivity contribution in [2.24, 2.45) is 17.8 Å². The lowest BCUT2D eigenvalue weighted by Gasteiger charge is -2.39. The zero-order chi connectivity index (χ0) is 12.6. The van der Waals surface area contributed by atoms with Crippen molar-refractivity contribution in [3.8, 4) is 0 Å². The second-order valence-electron chi connectivity index (χ2n) is 5.62. The highest BCUT2D eigenvalue weighted by Crippen LogP contribution is 2.35. The normalized spacial score (nSPS) is 38.5. The van der Waals surface area contributed by atoms with E-state index in [1.54, 1.807) is 0 Å². The van der Waals surface area contributed by atoms with Crippen LogP contribution in [0.3, 0.4) is 0 Å². The van der Waals surface area contributed by atoms with Gasteiger partial charge in [0.1, 0.15) is 0 Å². The monoisotopic (exact) mass is 239 g/mol. The highest BCUT2D eigenvalue weighted by atomic mass is 16.4. The summed E-state index contributed by atoms with van der Waals surface area (Å²) < 4.78 is 0. The van der Waals surface area contributed by atoms with Crippen LogP contribution in [-0.2, 0) is 9.59 Å². The minimum Gasteiger partial charge on any atom is -0.481 e. The topological polar surface area (TPSA) is 57.6 Å². The molecule has 1 aliphatic carbocycles. The zero-order valence-electron chi connectivity index (χ0n) is 10.6. The Hall–Kier alpha value is -1.06. The van der Waals surface area contributed by atoms with E-state index in [0.717, 1.165) is 12.8 Å². The molecule has 0 unspecified atom stereocenters. The fourth-order valence-corrected chi connectivity index (χ4v) is 3.21. The zero-order valence-corrected chi connectivity index (χ0v) is 10.6. The third-order valence-corrected chi connectivity index (χ3v) is 4.57. The van der Waals surface area contributed by atoms with E-state index >= 15 is 0 Å². The molecule has 17 heavy (non-hydrogen) atoms. The third-order valence-electron chi connectivity index (χ3n) is 4.57. The number of likely N-dealkylation sites (tertiary alicyclic amines) is 1. The Balaban J connectivity index is 2.07. The van der Waals surface area contributed by atoms with Crippen LogP contribution in [0.15, 0.2) is 0 Å². The van der Waals surface area contributed by atoms with Crippen LogP contribution in [0.1, 0.15) is 39.5 Å².